The maximum Gasteiger partial charge on any atom is 0.0506 e. The molecule has 2 atom stereocenters. The number of nitrogens with one attached hydrogen (secondary N) is 1. The van der Waals surface area contributed by atoms with E-state index in [2.05, 4.69) is 10.2 Å². The summed E-state index contributed by atoms with van der Waals surface area (Å²) in [6.45, 7) is 5.78. The number of hydrogen-bond acceptors (Lipinski definition) is 3. The predicted molar refractivity (Wildman–Crippen MR) is 69.2 cm³/mol. The largest absolute Gasteiger partial charge is 0.381 e. The molecule has 1 aliphatic carbocycles. The fraction of sp³-hybridized carbons (Fsp3) is 1.00. The summed E-state index contributed by atoms with van der Waals surface area (Å²) < 4.78 is 5.61. The van der Waals surface area contributed by atoms with Crippen LogP contribution in [0, 0.1) is 5.92 Å². The van der Waals surface area contributed by atoms with Crippen molar-refractivity contribution in [3.8, 4) is 0 Å². The van der Waals surface area contributed by atoms with Crippen LogP contribution in [-0.4, -0.2) is 49.8 Å². The number of hydrogen-bond donors (Lipinski definition) is 1. The summed E-state index contributed by atoms with van der Waals surface area (Å²) in [4.78, 5) is 2.75. The third-order valence-electron chi connectivity index (χ3n) is 4.43. The van der Waals surface area contributed by atoms with Crippen molar-refractivity contribution < 1.29 is 4.74 Å². The lowest BCUT2D eigenvalue weighted by atomic mass is 10.0. The molecule has 1 saturated carbocycles. The number of ether oxygens (including phenoxy) is 1. The monoisotopic (exact) mass is 238 g/mol. The van der Waals surface area contributed by atoms with Crippen LogP contribution in [0.5, 0.6) is 0 Å². The summed E-state index contributed by atoms with van der Waals surface area (Å²) in [6, 6.07) is 1.67. The molecule has 3 aliphatic rings. The van der Waals surface area contributed by atoms with E-state index in [0.29, 0.717) is 0 Å². The van der Waals surface area contributed by atoms with Gasteiger partial charge in [0.15, 0.2) is 0 Å². The van der Waals surface area contributed by atoms with E-state index in [1.807, 2.05) is 0 Å². The zero-order valence-corrected chi connectivity index (χ0v) is 10.9. The van der Waals surface area contributed by atoms with Gasteiger partial charge in [-0.25, -0.2) is 0 Å². The van der Waals surface area contributed by atoms with Crippen LogP contribution in [0.4, 0.5) is 0 Å². The second-order valence-corrected chi connectivity index (χ2v) is 6.06. The molecule has 0 aromatic rings. The van der Waals surface area contributed by atoms with Gasteiger partial charge in [-0.15, -0.1) is 0 Å². The maximum atomic E-state index is 5.61. The average molecular weight is 238 g/mol. The molecule has 3 nitrogen and oxygen atoms in total. The molecule has 0 aromatic heterocycles. The summed E-state index contributed by atoms with van der Waals surface area (Å²) >= 11 is 0. The summed E-state index contributed by atoms with van der Waals surface area (Å²) in [7, 11) is 0. The average Bonchev–Trinajstić information content (AvgIpc) is 3.09. The van der Waals surface area contributed by atoms with Gasteiger partial charge in [-0.2, -0.15) is 0 Å². The van der Waals surface area contributed by atoms with Gasteiger partial charge < -0.3 is 10.1 Å². The van der Waals surface area contributed by atoms with Crippen LogP contribution in [0.1, 0.15) is 38.5 Å². The van der Waals surface area contributed by atoms with Gasteiger partial charge in [0.2, 0.25) is 0 Å². The van der Waals surface area contributed by atoms with Crippen molar-refractivity contribution in [2.75, 3.05) is 32.8 Å². The quantitative estimate of drug-likeness (QED) is 0.788. The fourth-order valence-corrected chi connectivity index (χ4v) is 3.29. The van der Waals surface area contributed by atoms with E-state index in [4.69, 9.17) is 4.74 Å². The first kappa shape index (κ1) is 11.9. The van der Waals surface area contributed by atoms with Crippen LogP contribution >= 0.6 is 0 Å². The van der Waals surface area contributed by atoms with Crippen molar-refractivity contribution in [3.05, 3.63) is 0 Å². The highest BCUT2D eigenvalue weighted by molar-refractivity contribution is 4.89. The molecule has 2 heterocycles. The minimum Gasteiger partial charge on any atom is -0.381 e. The van der Waals surface area contributed by atoms with Crippen LogP contribution in [0.2, 0.25) is 0 Å². The Morgan fingerprint density at radius 3 is 2.65 bits per heavy atom. The van der Waals surface area contributed by atoms with Crippen LogP contribution in [0.3, 0.4) is 0 Å². The van der Waals surface area contributed by atoms with E-state index in [1.54, 1.807) is 0 Å². The van der Waals surface area contributed by atoms with E-state index in [-0.39, 0.29) is 0 Å². The van der Waals surface area contributed by atoms with Crippen LogP contribution in [0.25, 0.3) is 0 Å². The Hall–Kier alpha value is -0.120. The molecule has 98 valence electrons. The first-order valence-electron chi connectivity index (χ1n) is 7.47. The Morgan fingerprint density at radius 2 is 2.00 bits per heavy atom. The van der Waals surface area contributed by atoms with Gasteiger partial charge in [-0.05, 0) is 51.0 Å². The minimum atomic E-state index is 0.764. The van der Waals surface area contributed by atoms with Crippen molar-refractivity contribution in [1.82, 2.24) is 10.2 Å². The molecule has 17 heavy (non-hydrogen) atoms. The van der Waals surface area contributed by atoms with E-state index in [1.165, 1.54) is 58.2 Å². The Kier molecular flexibility index (Phi) is 3.99. The van der Waals surface area contributed by atoms with E-state index in [9.17, 15) is 0 Å². The van der Waals surface area contributed by atoms with Crippen molar-refractivity contribution in [3.63, 3.8) is 0 Å². The maximum absolute atomic E-state index is 5.61. The van der Waals surface area contributed by atoms with E-state index >= 15 is 0 Å². The minimum absolute atomic E-state index is 0.764. The van der Waals surface area contributed by atoms with Crippen molar-refractivity contribution in [2.24, 2.45) is 5.92 Å². The predicted octanol–water partition coefficient (Wildman–Crippen LogP) is 1.63. The molecule has 0 bridgehead atoms. The molecule has 3 fully saturated rings. The highest BCUT2D eigenvalue weighted by Crippen LogP contribution is 2.29. The number of rotatable bonds is 5. The molecule has 1 N–H and O–H groups in total. The third-order valence-corrected chi connectivity index (χ3v) is 4.43. The molecule has 0 aromatic carbocycles. The number of nitrogens with zero attached hydrogens (tertiary/aromatic N) is 1. The standard InChI is InChI=1S/C14H26N2O/c1-4-13(15-7-1)10-16(14-5-6-14)9-12-3-2-8-17-11-12/h12-15H,1-11H2. The Balaban J connectivity index is 1.48. The lowest BCUT2D eigenvalue weighted by molar-refractivity contribution is 0.0359. The van der Waals surface area contributed by atoms with Crippen LogP contribution < -0.4 is 5.32 Å². The van der Waals surface area contributed by atoms with Gasteiger partial charge in [0, 0.05) is 31.8 Å². The Bertz CT molecular complexity index is 230. The first-order chi connectivity index (χ1) is 8.42. The molecular formula is C14H26N2O. The van der Waals surface area contributed by atoms with Crippen LogP contribution in [0.15, 0.2) is 0 Å². The van der Waals surface area contributed by atoms with Gasteiger partial charge in [0.25, 0.3) is 0 Å². The fourth-order valence-electron chi connectivity index (χ4n) is 3.29. The second kappa shape index (κ2) is 5.68. The Morgan fingerprint density at radius 1 is 1.06 bits per heavy atom. The topological polar surface area (TPSA) is 24.5 Å². The van der Waals surface area contributed by atoms with Gasteiger partial charge in [-0.1, -0.05) is 0 Å². The highest BCUT2D eigenvalue weighted by Gasteiger charge is 2.32. The molecule has 2 saturated heterocycles. The van der Waals surface area contributed by atoms with Crippen LogP contribution in [-0.2, 0) is 4.74 Å². The third kappa shape index (κ3) is 3.43. The summed E-state index contributed by atoms with van der Waals surface area (Å²) in [5, 5.41) is 3.63. The van der Waals surface area contributed by atoms with Gasteiger partial charge in [0.05, 0.1) is 6.61 Å². The molecule has 3 heteroatoms. The van der Waals surface area contributed by atoms with E-state index < -0.39 is 0 Å². The highest BCUT2D eigenvalue weighted by atomic mass is 16.5. The molecular weight excluding hydrogens is 212 g/mol. The smallest absolute Gasteiger partial charge is 0.0506 e. The molecule has 2 aliphatic heterocycles. The molecule has 0 amide bonds. The molecule has 3 rings (SSSR count). The molecule has 0 spiro atoms. The molecule has 2 unspecified atom stereocenters. The lowest BCUT2D eigenvalue weighted by Crippen LogP contribution is -2.42. The molecule has 0 radical (unpaired) electrons. The zero-order chi connectivity index (χ0) is 11.5. The second-order valence-electron chi connectivity index (χ2n) is 6.06. The summed E-state index contributed by atoms with van der Waals surface area (Å²) in [6.07, 6.45) is 8.26. The lowest BCUT2D eigenvalue weighted by Gasteiger charge is -2.31. The summed E-state index contributed by atoms with van der Waals surface area (Å²) in [5.41, 5.74) is 0. The Labute approximate surface area is 105 Å². The van der Waals surface area contributed by atoms with Gasteiger partial charge in [0.1, 0.15) is 0 Å². The van der Waals surface area contributed by atoms with Crippen molar-refractivity contribution >= 4 is 0 Å². The normalized spacial score (nSPS) is 34.4. The first-order valence-corrected chi connectivity index (χ1v) is 7.47. The van der Waals surface area contributed by atoms with Gasteiger partial charge >= 0.3 is 0 Å². The zero-order valence-electron chi connectivity index (χ0n) is 10.9. The van der Waals surface area contributed by atoms with Crippen molar-refractivity contribution in [2.45, 2.75) is 50.6 Å². The van der Waals surface area contributed by atoms with Gasteiger partial charge in [-0.3, -0.25) is 4.90 Å². The SMILES string of the molecule is C1COCC(CN(CC2CCCN2)C2CC2)C1. The van der Waals surface area contributed by atoms with Crippen molar-refractivity contribution in [1.29, 1.82) is 0 Å². The van der Waals surface area contributed by atoms with E-state index in [0.717, 1.165) is 31.2 Å². The summed E-state index contributed by atoms with van der Waals surface area (Å²) in [5.74, 6) is 0.797.